The van der Waals surface area contributed by atoms with Crippen LogP contribution in [-0.2, 0) is 11.3 Å². The molecule has 0 saturated heterocycles. The molecule has 3 aromatic rings. The van der Waals surface area contributed by atoms with Gasteiger partial charge in [-0.2, -0.15) is 5.10 Å². The molecule has 0 aliphatic heterocycles. The lowest BCUT2D eigenvalue weighted by Gasteiger charge is -2.16. The summed E-state index contributed by atoms with van der Waals surface area (Å²) >= 11 is 0. The van der Waals surface area contributed by atoms with Crippen molar-refractivity contribution >= 4 is 11.5 Å². The molecule has 2 aromatic heterocycles. The number of carbonyl (C=O) groups excluding carboxylic acids is 1. The lowest BCUT2D eigenvalue weighted by Crippen LogP contribution is -2.30. The summed E-state index contributed by atoms with van der Waals surface area (Å²) in [6.45, 7) is 2.06. The second-order valence-electron chi connectivity index (χ2n) is 5.67. The minimum atomic E-state index is -0.884. The Morgan fingerprint density at radius 1 is 1.28 bits per heavy atom. The van der Waals surface area contributed by atoms with Crippen molar-refractivity contribution < 1.29 is 14.6 Å². The molecule has 7 heteroatoms. The van der Waals surface area contributed by atoms with Crippen LogP contribution in [0.2, 0.25) is 0 Å². The topological polar surface area (TPSA) is 85.8 Å². The molecule has 25 heavy (non-hydrogen) atoms. The number of nitrogens with zero attached hydrogens (tertiary/aromatic N) is 3. The van der Waals surface area contributed by atoms with Crippen molar-refractivity contribution in [3.63, 3.8) is 0 Å². The van der Waals surface area contributed by atoms with Crippen LogP contribution in [-0.4, -0.2) is 32.4 Å². The van der Waals surface area contributed by atoms with Crippen LogP contribution < -0.4 is 5.56 Å². The van der Waals surface area contributed by atoms with E-state index in [1.807, 2.05) is 37.3 Å². The first-order valence-corrected chi connectivity index (χ1v) is 7.99. The molecule has 2 heterocycles. The number of ether oxygens (including phenoxy) is 1. The first-order valence-electron chi connectivity index (χ1n) is 7.99. The van der Waals surface area contributed by atoms with Crippen LogP contribution in [0.25, 0.3) is 5.52 Å². The molecule has 1 N–H and O–H groups in total. The Kier molecular flexibility index (Phi) is 4.67. The quantitative estimate of drug-likeness (QED) is 0.715. The molecule has 0 radical (unpaired) electrons. The fourth-order valence-corrected chi connectivity index (χ4v) is 2.74. The van der Waals surface area contributed by atoms with Gasteiger partial charge in [-0.1, -0.05) is 37.3 Å². The molecule has 1 atom stereocenters. The third-order valence-electron chi connectivity index (χ3n) is 4.07. The molecule has 1 unspecified atom stereocenters. The highest BCUT2D eigenvalue weighted by atomic mass is 16.5. The van der Waals surface area contributed by atoms with Gasteiger partial charge in [0.25, 0.3) is 5.56 Å². The van der Waals surface area contributed by atoms with E-state index >= 15 is 0 Å². The van der Waals surface area contributed by atoms with Crippen molar-refractivity contribution in [3.8, 4) is 0 Å². The van der Waals surface area contributed by atoms with Crippen molar-refractivity contribution in [2.75, 3.05) is 7.11 Å². The summed E-state index contributed by atoms with van der Waals surface area (Å²) in [7, 11) is 1.26. The lowest BCUT2D eigenvalue weighted by molar-refractivity contribution is 0.0603. The highest BCUT2D eigenvalue weighted by Crippen LogP contribution is 2.17. The molecular weight excluding hydrogens is 322 g/mol. The number of rotatable bonds is 5. The minimum absolute atomic E-state index is 0.134. The Balaban J connectivity index is 2.25. The predicted molar refractivity (Wildman–Crippen MR) is 91.6 cm³/mol. The fraction of sp³-hybridized carbons (Fsp3) is 0.278. The normalized spacial score (nSPS) is 12.3. The van der Waals surface area contributed by atoms with Crippen LogP contribution in [0.3, 0.4) is 0 Å². The largest absolute Gasteiger partial charge is 0.465 e. The van der Waals surface area contributed by atoms with Crippen molar-refractivity contribution in [1.29, 1.82) is 0 Å². The average Bonchev–Trinajstić information content (AvgIpc) is 3.07. The highest BCUT2D eigenvalue weighted by Gasteiger charge is 2.22. The SMILES string of the molecule is CCC(O)c1nn2ccc(C(=O)OC)c2c(=O)n1Cc1ccccc1. The van der Waals surface area contributed by atoms with E-state index in [9.17, 15) is 14.7 Å². The summed E-state index contributed by atoms with van der Waals surface area (Å²) < 4.78 is 7.47. The van der Waals surface area contributed by atoms with Gasteiger partial charge in [-0.25, -0.2) is 9.31 Å². The van der Waals surface area contributed by atoms with Gasteiger partial charge in [-0.15, -0.1) is 0 Å². The van der Waals surface area contributed by atoms with Crippen molar-refractivity contribution in [1.82, 2.24) is 14.2 Å². The Morgan fingerprint density at radius 2 is 2.00 bits per heavy atom. The zero-order valence-corrected chi connectivity index (χ0v) is 14.0. The summed E-state index contributed by atoms with van der Waals surface area (Å²) in [6, 6.07) is 10.9. The average molecular weight is 341 g/mol. The second-order valence-corrected chi connectivity index (χ2v) is 5.67. The number of esters is 1. The zero-order chi connectivity index (χ0) is 18.0. The third-order valence-corrected chi connectivity index (χ3v) is 4.07. The Morgan fingerprint density at radius 3 is 2.64 bits per heavy atom. The van der Waals surface area contributed by atoms with Gasteiger partial charge in [0.15, 0.2) is 5.82 Å². The van der Waals surface area contributed by atoms with Crippen molar-refractivity contribution in [2.24, 2.45) is 0 Å². The predicted octanol–water partition coefficient (Wildman–Crippen LogP) is 1.77. The number of aliphatic hydroxyl groups is 1. The van der Waals surface area contributed by atoms with E-state index in [4.69, 9.17) is 4.74 Å². The number of benzene rings is 1. The van der Waals surface area contributed by atoms with Crippen molar-refractivity contribution in [2.45, 2.75) is 26.0 Å². The molecule has 0 saturated carbocycles. The van der Waals surface area contributed by atoms with Gasteiger partial charge < -0.3 is 9.84 Å². The minimum Gasteiger partial charge on any atom is -0.465 e. The summed E-state index contributed by atoms with van der Waals surface area (Å²) in [5, 5.41) is 14.7. The van der Waals surface area contributed by atoms with Crippen LogP contribution in [0.15, 0.2) is 47.4 Å². The summed E-state index contributed by atoms with van der Waals surface area (Å²) in [4.78, 5) is 25.0. The Hall–Kier alpha value is -2.93. The standard InChI is InChI=1S/C18H19N3O4/c1-3-14(22)16-19-21-10-9-13(18(24)25-2)15(21)17(23)20(16)11-12-7-5-4-6-8-12/h4-10,14,22H,3,11H2,1-2H3. The number of fused-ring (bicyclic) bond motifs is 1. The van der Waals surface area contributed by atoms with E-state index in [1.165, 1.54) is 28.5 Å². The van der Waals surface area contributed by atoms with E-state index in [0.29, 0.717) is 6.42 Å². The van der Waals surface area contributed by atoms with E-state index in [2.05, 4.69) is 5.10 Å². The van der Waals surface area contributed by atoms with E-state index in [0.717, 1.165) is 5.56 Å². The molecule has 3 rings (SSSR count). The second kappa shape index (κ2) is 6.90. The number of aliphatic hydroxyl groups excluding tert-OH is 1. The van der Waals surface area contributed by atoms with E-state index in [1.54, 1.807) is 0 Å². The molecule has 0 spiro atoms. The molecule has 0 aliphatic rings. The van der Waals surface area contributed by atoms with Gasteiger partial charge in [0.1, 0.15) is 11.6 Å². The molecule has 7 nitrogen and oxygen atoms in total. The van der Waals surface area contributed by atoms with Crippen LogP contribution in [0.4, 0.5) is 0 Å². The van der Waals surface area contributed by atoms with Gasteiger partial charge in [0, 0.05) is 6.20 Å². The number of hydrogen-bond donors (Lipinski definition) is 1. The fourth-order valence-electron chi connectivity index (χ4n) is 2.74. The third kappa shape index (κ3) is 3.06. The first-order chi connectivity index (χ1) is 12.1. The maximum Gasteiger partial charge on any atom is 0.340 e. The van der Waals surface area contributed by atoms with Gasteiger partial charge in [0.2, 0.25) is 0 Å². The maximum atomic E-state index is 13.1. The Labute approximate surface area is 144 Å². The van der Waals surface area contributed by atoms with E-state index < -0.39 is 17.6 Å². The number of aromatic nitrogens is 3. The summed E-state index contributed by atoms with van der Waals surface area (Å²) in [5.74, 6) is -0.340. The van der Waals surface area contributed by atoms with Gasteiger partial charge in [-0.05, 0) is 18.1 Å². The molecule has 130 valence electrons. The van der Waals surface area contributed by atoms with Crippen LogP contribution >= 0.6 is 0 Å². The molecule has 0 fully saturated rings. The van der Waals surface area contributed by atoms with Gasteiger partial charge >= 0.3 is 5.97 Å². The summed E-state index contributed by atoms with van der Waals surface area (Å²) in [5.41, 5.74) is 0.785. The monoisotopic (exact) mass is 341 g/mol. The van der Waals surface area contributed by atoms with Gasteiger partial charge in [-0.3, -0.25) is 9.36 Å². The number of hydrogen-bond acceptors (Lipinski definition) is 5. The Bertz CT molecular complexity index is 960. The maximum absolute atomic E-state index is 13.1. The van der Waals surface area contributed by atoms with Crippen LogP contribution in [0, 0.1) is 0 Å². The van der Waals surface area contributed by atoms with Gasteiger partial charge in [0.05, 0.1) is 19.2 Å². The molecule has 0 bridgehead atoms. The molecule has 0 amide bonds. The zero-order valence-electron chi connectivity index (χ0n) is 14.0. The molecular formula is C18H19N3O4. The lowest BCUT2D eigenvalue weighted by atomic mass is 10.2. The molecule has 0 aliphatic carbocycles. The number of methoxy groups -OCH3 is 1. The van der Waals surface area contributed by atoms with Crippen LogP contribution in [0.5, 0.6) is 0 Å². The smallest absolute Gasteiger partial charge is 0.340 e. The summed E-state index contributed by atoms with van der Waals surface area (Å²) in [6.07, 6.45) is 1.05. The molecule has 1 aromatic carbocycles. The first kappa shape index (κ1) is 16.9. The van der Waals surface area contributed by atoms with E-state index in [-0.39, 0.29) is 23.4 Å². The number of carbonyl (C=O) groups is 1. The van der Waals surface area contributed by atoms with Crippen molar-refractivity contribution in [3.05, 3.63) is 69.9 Å². The highest BCUT2D eigenvalue weighted by molar-refractivity contribution is 5.96. The van der Waals surface area contributed by atoms with Crippen LogP contribution in [0.1, 0.15) is 41.2 Å².